The minimum Gasteiger partial charge on any atom is -0.481 e. The Morgan fingerprint density at radius 1 is 1.71 bits per heavy atom. The molecule has 4 heteroatoms. The van der Waals surface area contributed by atoms with Gasteiger partial charge in [-0.1, -0.05) is 6.92 Å². The van der Waals surface area contributed by atoms with Crippen molar-refractivity contribution in [1.82, 2.24) is 4.98 Å². The molecule has 0 fully saturated rings. The molecule has 0 radical (unpaired) electrons. The van der Waals surface area contributed by atoms with Crippen LogP contribution in [0.2, 0.25) is 0 Å². The molecular weight excluding hydrogens is 182 g/mol. The number of hydrogen-bond acceptors (Lipinski definition) is 3. The summed E-state index contributed by atoms with van der Waals surface area (Å²) < 4.78 is 4.93. The van der Waals surface area contributed by atoms with E-state index >= 15 is 0 Å². The molecule has 0 saturated heterocycles. The van der Waals surface area contributed by atoms with Crippen molar-refractivity contribution in [2.24, 2.45) is 0 Å². The third-order valence-electron chi connectivity index (χ3n) is 2.08. The van der Waals surface area contributed by atoms with Crippen molar-refractivity contribution in [1.29, 1.82) is 0 Å². The van der Waals surface area contributed by atoms with Gasteiger partial charge in [-0.2, -0.15) is 0 Å². The van der Waals surface area contributed by atoms with Crippen molar-refractivity contribution in [3.05, 3.63) is 23.9 Å². The van der Waals surface area contributed by atoms with Gasteiger partial charge in [0.1, 0.15) is 0 Å². The van der Waals surface area contributed by atoms with Crippen LogP contribution in [0.1, 0.15) is 24.8 Å². The molecule has 0 spiro atoms. The number of aromatic nitrogens is 1. The van der Waals surface area contributed by atoms with Gasteiger partial charge in [-0.15, -0.1) is 0 Å². The highest BCUT2D eigenvalue weighted by Gasteiger charge is 2.17. The second-order valence-corrected chi connectivity index (χ2v) is 2.93. The fourth-order valence-electron chi connectivity index (χ4n) is 1.31. The molecule has 1 atom stereocenters. The van der Waals surface area contributed by atoms with E-state index in [0.29, 0.717) is 12.3 Å². The largest absolute Gasteiger partial charge is 0.481 e. The van der Waals surface area contributed by atoms with Crippen molar-refractivity contribution in [3.63, 3.8) is 0 Å². The lowest BCUT2D eigenvalue weighted by atomic mass is 9.98. The molecule has 1 rings (SSSR count). The summed E-state index contributed by atoms with van der Waals surface area (Å²) in [6, 6.07) is 3.35. The normalized spacial score (nSPS) is 12.1. The van der Waals surface area contributed by atoms with E-state index in [0.717, 1.165) is 5.56 Å². The molecule has 0 aliphatic rings. The number of carbonyl (C=O) groups is 1. The van der Waals surface area contributed by atoms with Crippen molar-refractivity contribution < 1.29 is 14.6 Å². The molecule has 0 amide bonds. The average molecular weight is 195 g/mol. The van der Waals surface area contributed by atoms with E-state index in [1.165, 1.54) is 7.11 Å². The van der Waals surface area contributed by atoms with Gasteiger partial charge in [0, 0.05) is 12.3 Å². The molecule has 1 aromatic rings. The summed E-state index contributed by atoms with van der Waals surface area (Å²) in [4.78, 5) is 14.8. The lowest BCUT2D eigenvalue weighted by Crippen LogP contribution is -2.10. The highest BCUT2D eigenvalue weighted by atomic mass is 16.5. The zero-order chi connectivity index (χ0) is 10.6. The quantitative estimate of drug-likeness (QED) is 0.793. The van der Waals surface area contributed by atoms with Crippen LogP contribution in [-0.4, -0.2) is 23.2 Å². The van der Waals surface area contributed by atoms with E-state index in [4.69, 9.17) is 9.84 Å². The number of ether oxygens (including phenoxy) is 1. The predicted octanol–water partition coefficient (Wildman–Crippen LogP) is 1.67. The van der Waals surface area contributed by atoms with Gasteiger partial charge in [0.05, 0.1) is 13.0 Å². The molecule has 1 unspecified atom stereocenters. The molecule has 0 aromatic carbocycles. The molecule has 1 heterocycles. The van der Waals surface area contributed by atoms with Crippen LogP contribution in [0.25, 0.3) is 0 Å². The minimum atomic E-state index is -0.819. The Balaban J connectivity index is 2.98. The first kappa shape index (κ1) is 10.5. The van der Waals surface area contributed by atoms with Crippen LogP contribution in [0, 0.1) is 0 Å². The maximum atomic E-state index is 10.9. The van der Waals surface area contributed by atoms with Crippen LogP contribution in [0.5, 0.6) is 5.88 Å². The molecule has 4 nitrogen and oxygen atoms in total. The third-order valence-corrected chi connectivity index (χ3v) is 2.08. The Bertz CT molecular complexity index is 325. The first-order valence-electron chi connectivity index (χ1n) is 4.41. The van der Waals surface area contributed by atoms with Crippen LogP contribution >= 0.6 is 0 Å². The summed E-state index contributed by atoms with van der Waals surface area (Å²) >= 11 is 0. The summed E-state index contributed by atoms with van der Waals surface area (Å²) in [6.45, 7) is 1.84. The van der Waals surface area contributed by atoms with E-state index in [1.807, 2.05) is 6.92 Å². The zero-order valence-electron chi connectivity index (χ0n) is 8.23. The topological polar surface area (TPSA) is 59.4 Å². The molecule has 14 heavy (non-hydrogen) atoms. The summed E-state index contributed by atoms with van der Waals surface area (Å²) in [5, 5.41) is 8.93. The van der Waals surface area contributed by atoms with Crippen molar-refractivity contribution in [3.8, 4) is 5.88 Å². The Morgan fingerprint density at radius 3 is 2.93 bits per heavy atom. The van der Waals surface area contributed by atoms with Gasteiger partial charge in [0.2, 0.25) is 5.88 Å². The van der Waals surface area contributed by atoms with Gasteiger partial charge in [0.25, 0.3) is 0 Å². The number of methoxy groups -OCH3 is 1. The molecule has 1 N–H and O–H groups in total. The second-order valence-electron chi connectivity index (χ2n) is 2.93. The van der Waals surface area contributed by atoms with E-state index in [2.05, 4.69) is 4.98 Å². The number of pyridine rings is 1. The summed E-state index contributed by atoms with van der Waals surface area (Å²) in [6.07, 6.45) is 2.11. The number of carboxylic acid groups (broad SMARTS) is 1. The molecule has 0 bridgehead atoms. The van der Waals surface area contributed by atoms with Crippen LogP contribution in [-0.2, 0) is 4.79 Å². The zero-order valence-corrected chi connectivity index (χ0v) is 8.23. The Hall–Kier alpha value is -1.58. The van der Waals surface area contributed by atoms with Crippen LogP contribution in [0.15, 0.2) is 18.3 Å². The highest BCUT2D eigenvalue weighted by molar-refractivity contribution is 5.76. The summed E-state index contributed by atoms with van der Waals surface area (Å²) in [5.74, 6) is -0.852. The number of rotatable bonds is 4. The third kappa shape index (κ3) is 2.22. The van der Waals surface area contributed by atoms with E-state index in [9.17, 15) is 4.79 Å². The van der Waals surface area contributed by atoms with Crippen molar-refractivity contribution in [2.75, 3.05) is 7.11 Å². The number of hydrogen-bond donors (Lipinski definition) is 1. The standard InChI is InChI=1S/C10H13NO3/c1-3-8(10(12)13)7-4-5-11-9(6-7)14-2/h4-6,8H,3H2,1-2H3,(H,12,13). The predicted molar refractivity (Wildman–Crippen MR) is 51.5 cm³/mol. The number of nitrogens with zero attached hydrogens (tertiary/aromatic N) is 1. The SMILES string of the molecule is CCC(C(=O)O)c1ccnc(OC)c1. The molecule has 76 valence electrons. The van der Waals surface area contributed by atoms with Crippen molar-refractivity contribution in [2.45, 2.75) is 19.3 Å². The minimum absolute atomic E-state index is 0.446. The van der Waals surface area contributed by atoms with Gasteiger partial charge in [-0.25, -0.2) is 4.98 Å². The van der Waals surface area contributed by atoms with Crippen LogP contribution in [0.3, 0.4) is 0 Å². The molecular formula is C10H13NO3. The van der Waals surface area contributed by atoms with Gasteiger partial charge in [-0.05, 0) is 18.1 Å². The average Bonchev–Trinajstić information content (AvgIpc) is 2.19. The summed E-state index contributed by atoms with van der Waals surface area (Å²) in [5.41, 5.74) is 0.729. The van der Waals surface area contributed by atoms with Gasteiger partial charge in [-0.3, -0.25) is 4.79 Å². The van der Waals surface area contributed by atoms with E-state index < -0.39 is 11.9 Å². The highest BCUT2D eigenvalue weighted by Crippen LogP contribution is 2.21. The fourth-order valence-corrected chi connectivity index (χ4v) is 1.31. The maximum absolute atomic E-state index is 10.9. The monoisotopic (exact) mass is 195 g/mol. The van der Waals surface area contributed by atoms with Gasteiger partial charge in [0.15, 0.2) is 0 Å². The smallest absolute Gasteiger partial charge is 0.310 e. The van der Waals surface area contributed by atoms with E-state index in [-0.39, 0.29) is 0 Å². The van der Waals surface area contributed by atoms with E-state index in [1.54, 1.807) is 18.3 Å². The van der Waals surface area contributed by atoms with Crippen LogP contribution < -0.4 is 4.74 Å². The first-order valence-corrected chi connectivity index (χ1v) is 4.41. The molecule has 0 aliphatic carbocycles. The Kier molecular flexibility index (Phi) is 3.45. The molecule has 0 saturated carbocycles. The van der Waals surface area contributed by atoms with Crippen LogP contribution in [0.4, 0.5) is 0 Å². The maximum Gasteiger partial charge on any atom is 0.310 e. The summed E-state index contributed by atoms with van der Waals surface area (Å²) in [7, 11) is 1.51. The lowest BCUT2D eigenvalue weighted by Gasteiger charge is -2.10. The van der Waals surface area contributed by atoms with Gasteiger partial charge < -0.3 is 9.84 Å². The molecule has 1 aromatic heterocycles. The Morgan fingerprint density at radius 2 is 2.43 bits per heavy atom. The van der Waals surface area contributed by atoms with Crippen molar-refractivity contribution >= 4 is 5.97 Å². The number of carboxylic acids is 1. The second kappa shape index (κ2) is 4.60. The fraction of sp³-hybridized carbons (Fsp3) is 0.400. The lowest BCUT2D eigenvalue weighted by molar-refractivity contribution is -0.138. The Labute approximate surface area is 82.5 Å². The molecule has 0 aliphatic heterocycles. The van der Waals surface area contributed by atoms with Gasteiger partial charge >= 0.3 is 5.97 Å². The first-order chi connectivity index (χ1) is 6.69. The number of aliphatic carboxylic acids is 1.